The van der Waals surface area contributed by atoms with E-state index in [4.69, 9.17) is 23.2 Å². The predicted molar refractivity (Wildman–Crippen MR) is 163 cm³/mol. The average Bonchev–Trinajstić information content (AvgIpc) is 3.50. The van der Waals surface area contributed by atoms with Crippen molar-refractivity contribution >= 4 is 35.4 Å². The molecule has 2 unspecified atom stereocenters. The van der Waals surface area contributed by atoms with Crippen molar-refractivity contribution in [2.24, 2.45) is 5.41 Å². The number of fused-ring (bicyclic) bond motifs is 8. The monoisotopic (exact) mass is 712 g/mol. The molecular weight excluding hydrogens is 682 g/mol. The number of hydrogen-bond donors (Lipinski definition) is 0. The summed E-state index contributed by atoms with van der Waals surface area (Å²) in [7, 11) is 0. The van der Waals surface area contributed by atoms with Crippen LogP contribution >= 0.6 is 23.2 Å². The molecule has 39 heavy (non-hydrogen) atoms. The molecule has 1 aliphatic heterocycles. The molecule has 3 aliphatic carbocycles. The third-order valence-electron chi connectivity index (χ3n) is 10.2. The van der Waals surface area contributed by atoms with Gasteiger partial charge in [-0.3, -0.25) is 0 Å². The zero-order valence-electron chi connectivity index (χ0n) is 22.3. The SMILES string of the molecule is [CH3][Hf]1([CH3])[CH]2C(=Cc3c(-c4ccc(Cl)cc4)cccc32)C2(CCC2)C2=Cc3c(-c4ccc(Cl)cc4)cccc3[CH]21. The number of benzene rings is 4. The first-order valence-corrected chi connectivity index (χ1v) is 26.2. The van der Waals surface area contributed by atoms with Crippen molar-refractivity contribution in [3.05, 3.63) is 128 Å². The second kappa shape index (κ2) is 8.65. The molecule has 0 radical (unpaired) electrons. The maximum atomic E-state index is 6.25. The fraction of sp³-hybridized carbons (Fsp3) is 0.222. The standard InChI is InChI=1S/C34H24Cl2.2CH3.Hf/c35-28-12-8-22(9-13-28)30-6-1-4-24-18-26(20-32(24)30)34(16-3-17-34)27-19-25-5-2-7-31(33(25)21-27)23-10-14-29(36)15-11-23;;;/h1-2,4-15,18-21H,3,16-17H2;2*1H3;. The Hall–Kier alpha value is -2.19. The summed E-state index contributed by atoms with van der Waals surface area (Å²) < 4.78 is 6.74. The molecule has 1 saturated carbocycles. The van der Waals surface area contributed by atoms with Crippen LogP contribution in [0.2, 0.25) is 19.4 Å². The third kappa shape index (κ3) is 3.39. The predicted octanol–water partition coefficient (Wildman–Crippen LogP) is 11.3. The summed E-state index contributed by atoms with van der Waals surface area (Å²) in [5.41, 5.74) is 15.1. The molecule has 2 atom stereocenters. The topological polar surface area (TPSA) is 0 Å². The summed E-state index contributed by atoms with van der Waals surface area (Å²) in [5, 5.41) is 1.59. The summed E-state index contributed by atoms with van der Waals surface area (Å²) in [4.78, 5) is 0. The van der Waals surface area contributed by atoms with Gasteiger partial charge in [0.2, 0.25) is 0 Å². The third-order valence-corrected chi connectivity index (χ3v) is 25.9. The van der Waals surface area contributed by atoms with E-state index in [1.165, 1.54) is 52.6 Å². The molecule has 0 amide bonds. The van der Waals surface area contributed by atoms with Gasteiger partial charge in [-0.1, -0.05) is 0 Å². The van der Waals surface area contributed by atoms with Gasteiger partial charge >= 0.3 is 247 Å². The van der Waals surface area contributed by atoms with Crippen LogP contribution in [0, 0.1) is 5.41 Å². The number of hydrogen-bond acceptors (Lipinski definition) is 0. The number of rotatable bonds is 2. The van der Waals surface area contributed by atoms with Gasteiger partial charge in [-0.2, -0.15) is 0 Å². The number of allylic oxidation sites excluding steroid dienone is 2. The van der Waals surface area contributed by atoms with Crippen molar-refractivity contribution in [1.82, 2.24) is 0 Å². The van der Waals surface area contributed by atoms with Crippen molar-refractivity contribution in [1.29, 1.82) is 0 Å². The normalized spacial score (nSPS) is 22.8. The second-order valence-corrected chi connectivity index (χ2v) is 30.6. The Kier molecular flexibility index (Phi) is 5.46. The van der Waals surface area contributed by atoms with E-state index in [1.54, 1.807) is 22.3 Å². The van der Waals surface area contributed by atoms with Gasteiger partial charge in [0.05, 0.1) is 0 Å². The van der Waals surface area contributed by atoms with E-state index in [9.17, 15) is 0 Å². The fourth-order valence-corrected chi connectivity index (χ4v) is 25.8. The molecule has 1 heterocycles. The summed E-state index contributed by atoms with van der Waals surface area (Å²) >= 11 is 9.49. The average molecular weight is 712 g/mol. The van der Waals surface area contributed by atoms with Gasteiger partial charge in [-0.05, 0) is 0 Å². The van der Waals surface area contributed by atoms with E-state index in [2.05, 4.69) is 82.2 Å². The van der Waals surface area contributed by atoms with Crippen LogP contribution in [0.5, 0.6) is 0 Å². The van der Waals surface area contributed by atoms with Gasteiger partial charge in [-0.25, -0.2) is 0 Å². The summed E-state index contributed by atoms with van der Waals surface area (Å²) in [6, 6.07) is 30.9. The zero-order valence-corrected chi connectivity index (χ0v) is 27.4. The van der Waals surface area contributed by atoms with Crippen molar-refractivity contribution in [3.8, 4) is 22.3 Å². The molecule has 4 aliphatic rings. The van der Waals surface area contributed by atoms with E-state index >= 15 is 0 Å². The van der Waals surface area contributed by atoms with E-state index in [0.29, 0.717) is 7.35 Å². The van der Waals surface area contributed by atoms with Gasteiger partial charge in [0.1, 0.15) is 0 Å². The Morgan fingerprint density at radius 2 is 1.05 bits per heavy atom. The van der Waals surface area contributed by atoms with Crippen LogP contribution in [-0.4, -0.2) is 0 Å². The summed E-state index contributed by atoms with van der Waals surface area (Å²) in [6.07, 6.45) is 9.19. The molecule has 0 N–H and O–H groups in total. The van der Waals surface area contributed by atoms with Crippen molar-refractivity contribution in [2.75, 3.05) is 0 Å². The summed E-state index contributed by atoms with van der Waals surface area (Å²) in [6.45, 7) is 0. The van der Waals surface area contributed by atoms with Crippen molar-refractivity contribution < 1.29 is 20.0 Å². The molecule has 1 spiro atoms. The quantitative estimate of drug-likeness (QED) is 0.182. The molecule has 4 aromatic carbocycles. The first-order valence-electron chi connectivity index (χ1n) is 14.1. The van der Waals surface area contributed by atoms with Crippen LogP contribution in [0.15, 0.2) is 96.1 Å². The second-order valence-electron chi connectivity index (χ2n) is 12.5. The van der Waals surface area contributed by atoms with Crippen LogP contribution in [0.3, 0.4) is 0 Å². The molecule has 3 heteroatoms. The first-order chi connectivity index (χ1) is 18.9. The van der Waals surface area contributed by atoms with Crippen LogP contribution in [0.1, 0.15) is 48.9 Å². The Morgan fingerprint density at radius 1 is 0.615 bits per heavy atom. The minimum absolute atomic E-state index is 0.220. The van der Waals surface area contributed by atoms with Crippen LogP contribution in [-0.2, 0) is 20.0 Å². The van der Waals surface area contributed by atoms with Gasteiger partial charge in [0.15, 0.2) is 0 Å². The Balaban J connectivity index is 1.33. The van der Waals surface area contributed by atoms with Crippen LogP contribution in [0.25, 0.3) is 34.4 Å². The first kappa shape index (κ1) is 24.6. The fourth-order valence-electron chi connectivity index (χ4n) is 8.44. The molecule has 2 fully saturated rings. The molecule has 0 nitrogen and oxygen atoms in total. The zero-order chi connectivity index (χ0) is 26.5. The van der Waals surface area contributed by atoms with Crippen LogP contribution in [0.4, 0.5) is 0 Å². The van der Waals surface area contributed by atoms with E-state index in [0.717, 1.165) is 10.0 Å². The van der Waals surface area contributed by atoms with E-state index in [-0.39, 0.29) is 5.41 Å². The molecule has 192 valence electrons. The maximum absolute atomic E-state index is 6.25. The van der Waals surface area contributed by atoms with Gasteiger partial charge in [0, 0.05) is 0 Å². The van der Waals surface area contributed by atoms with E-state index < -0.39 is 20.0 Å². The van der Waals surface area contributed by atoms with Gasteiger partial charge < -0.3 is 0 Å². The van der Waals surface area contributed by atoms with Gasteiger partial charge in [-0.15, -0.1) is 0 Å². The summed E-state index contributed by atoms with van der Waals surface area (Å²) in [5.74, 6) is 0. The van der Waals surface area contributed by atoms with Crippen molar-refractivity contribution in [2.45, 2.75) is 36.0 Å². The van der Waals surface area contributed by atoms with E-state index in [1.807, 2.05) is 24.3 Å². The molecule has 0 bridgehead atoms. The Bertz CT molecular complexity index is 1600. The number of halogens is 2. The molecule has 1 saturated heterocycles. The van der Waals surface area contributed by atoms with Crippen molar-refractivity contribution in [3.63, 3.8) is 0 Å². The molecule has 8 rings (SSSR count). The molecule has 0 aromatic heterocycles. The Labute approximate surface area is 245 Å². The van der Waals surface area contributed by atoms with Gasteiger partial charge in [0.25, 0.3) is 0 Å². The molecule has 4 aromatic rings. The minimum atomic E-state index is -3.02. The Morgan fingerprint density at radius 3 is 1.44 bits per heavy atom. The van der Waals surface area contributed by atoms with Crippen LogP contribution < -0.4 is 0 Å². The molecular formula is C36H30Cl2Hf.